The molecular weight excluding hydrogens is 362 g/mol. The molecule has 0 spiro atoms. The molecule has 3 aromatic carbocycles. The number of hydrogen-bond acceptors (Lipinski definition) is 5. The molecule has 1 fully saturated rings. The van der Waals surface area contributed by atoms with E-state index in [1.807, 2.05) is 55.4 Å². The van der Waals surface area contributed by atoms with Crippen LogP contribution in [-0.2, 0) is 4.79 Å². The fourth-order valence-corrected chi connectivity index (χ4v) is 3.59. The van der Waals surface area contributed by atoms with Crippen molar-refractivity contribution >= 4 is 28.6 Å². The van der Waals surface area contributed by atoms with Crippen molar-refractivity contribution in [1.82, 2.24) is 16.3 Å². The number of benzene rings is 3. The smallest absolute Gasteiger partial charge is 0.258 e. The number of nitrogens with zero attached hydrogens (tertiary/aromatic N) is 2. The Bertz CT molecular complexity index is 1020. The van der Waals surface area contributed by atoms with Gasteiger partial charge in [0.1, 0.15) is 6.04 Å². The van der Waals surface area contributed by atoms with Gasteiger partial charge in [-0.3, -0.25) is 4.79 Å². The summed E-state index contributed by atoms with van der Waals surface area (Å²) >= 11 is 0. The SMILES string of the molecule is CN(C)c1ccc(/C=N/NC(=O)C2CC(c3cccc4ccccc34)NN2)cc1. The number of hydrogen-bond donors (Lipinski definition) is 3. The van der Waals surface area contributed by atoms with Crippen molar-refractivity contribution in [3.63, 3.8) is 0 Å². The van der Waals surface area contributed by atoms with Gasteiger partial charge in [-0.15, -0.1) is 0 Å². The topological polar surface area (TPSA) is 68.8 Å². The summed E-state index contributed by atoms with van der Waals surface area (Å²) in [6, 6.07) is 22.3. The van der Waals surface area contributed by atoms with Crippen LogP contribution < -0.4 is 21.2 Å². The van der Waals surface area contributed by atoms with Gasteiger partial charge in [-0.05, 0) is 40.5 Å². The third kappa shape index (κ3) is 4.29. The van der Waals surface area contributed by atoms with Gasteiger partial charge in [-0.25, -0.2) is 16.3 Å². The summed E-state index contributed by atoms with van der Waals surface area (Å²) in [5.74, 6) is -0.151. The van der Waals surface area contributed by atoms with E-state index >= 15 is 0 Å². The van der Waals surface area contributed by atoms with Crippen LogP contribution in [0.2, 0.25) is 0 Å². The van der Waals surface area contributed by atoms with Crippen LogP contribution in [0.4, 0.5) is 5.69 Å². The second kappa shape index (κ2) is 8.43. The monoisotopic (exact) mass is 387 g/mol. The van der Waals surface area contributed by atoms with Crippen LogP contribution >= 0.6 is 0 Å². The zero-order chi connectivity index (χ0) is 20.2. The van der Waals surface area contributed by atoms with Gasteiger partial charge in [0, 0.05) is 25.8 Å². The van der Waals surface area contributed by atoms with Crippen LogP contribution in [-0.4, -0.2) is 32.3 Å². The van der Waals surface area contributed by atoms with E-state index in [2.05, 4.69) is 51.7 Å². The molecule has 2 atom stereocenters. The molecule has 1 amide bonds. The van der Waals surface area contributed by atoms with Crippen LogP contribution in [0.3, 0.4) is 0 Å². The Hall–Kier alpha value is -3.22. The van der Waals surface area contributed by atoms with E-state index in [0.29, 0.717) is 6.42 Å². The van der Waals surface area contributed by atoms with Gasteiger partial charge < -0.3 is 4.90 Å². The van der Waals surface area contributed by atoms with Crippen molar-refractivity contribution in [3.8, 4) is 0 Å². The first-order valence-corrected chi connectivity index (χ1v) is 9.71. The number of rotatable bonds is 5. The van der Waals surface area contributed by atoms with Crippen molar-refractivity contribution in [2.24, 2.45) is 5.10 Å². The lowest BCUT2D eigenvalue weighted by molar-refractivity contribution is -0.122. The summed E-state index contributed by atoms with van der Waals surface area (Å²) in [6.07, 6.45) is 2.31. The predicted octanol–water partition coefficient (Wildman–Crippen LogP) is 2.96. The molecule has 1 heterocycles. The lowest BCUT2D eigenvalue weighted by Crippen LogP contribution is -2.41. The molecule has 148 valence electrons. The van der Waals surface area contributed by atoms with Gasteiger partial charge in [-0.1, -0.05) is 54.6 Å². The van der Waals surface area contributed by atoms with Crippen molar-refractivity contribution in [3.05, 3.63) is 77.9 Å². The highest BCUT2D eigenvalue weighted by atomic mass is 16.2. The number of amides is 1. The maximum atomic E-state index is 12.5. The van der Waals surface area contributed by atoms with Gasteiger partial charge >= 0.3 is 0 Å². The molecule has 1 aliphatic heterocycles. The number of anilines is 1. The lowest BCUT2D eigenvalue weighted by Gasteiger charge is -2.13. The van der Waals surface area contributed by atoms with Crippen molar-refractivity contribution in [1.29, 1.82) is 0 Å². The summed E-state index contributed by atoms with van der Waals surface area (Å²) in [7, 11) is 3.99. The molecule has 0 aliphatic carbocycles. The van der Waals surface area contributed by atoms with Crippen LogP contribution in [0, 0.1) is 0 Å². The number of carbonyl (C=O) groups excluding carboxylic acids is 1. The maximum absolute atomic E-state index is 12.5. The summed E-state index contributed by atoms with van der Waals surface area (Å²) in [5, 5.41) is 6.50. The van der Waals surface area contributed by atoms with E-state index in [1.165, 1.54) is 16.3 Å². The van der Waals surface area contributed by atoms with Crippen LogP contribution in [0.15, 0.2) is 71.8 Å². The quantitative estimate of drug-likeness (QED) is 0.465. The van der Waals surface area contributed by atoms with Gasteiger partial charge in [0.2, 0.25) is 0 Å². The second-order valence-corrected chi connectivity index (χ2v) is 7.42. The molecule has 4 rings (SSSR count). The molecule has 0 aromatic heterocycles. The van der Waals surface area contributed by atoms with Gasteiger partial charge in [0.15, 0.2) is 0 Å². The largest absolute Gasteiger partial charge is 0.378 e. The number of fused-ring (bicyclic) bond motifs is 1. The maximum Gasteiger partial charge on any atom is 0.258 e. The molecule has 3 N–H and O–H groups in total. The Balaban J connectivity index is 1.37. The molecule has 0 radical (unpaired) electrons. The molecule has 2 unspecified atom stereocenters. The summed E-state index contributed by atoms with van der Waals surface area (Å²) in [5.41, 5.74) is 12.2. The number of carbonyl (C=O) groups is 1. The van der Waals surface area contributed by atoms with E-state index in [1.54, 1.807) is 6.21 Å². The standard InChI is InChI=1S/C23H25N5O/c1-28(2)18-12-10-16(11-13-18)15-24-27-23(29)22-14-21(25-26-22)20-9-5-7-17-6-3-4-8-19(17)20/h3-13,15,21-22,25-26H,14H2,1-2H3,(H,27,29)/b24-15+. The normalized spacial score (nSPS) is 19.0. The second-order valence-electron chi connectivity index (χ2n) is 7.42. The lowest BCUT2D eigenvalue weighted by atomic mass is 9.96. The minimum Gasteiger partial charge on any atom is -0.378 e. The summed E-state index contributed by atoms with van der Waals surface area (Å²) in [6.45, 7) is 0. The van der Waals surface area contributed by atoms with Crippen molar-refractivity contribution in [2.75, 3.05) is 19.0 Å². The van der Waals surface area contributed by atoms with Gasteiger partial charge in [-0.2, -0.15) is 5.10 Å². The molecule has 6 nitrogen and oxygen atoms in total. The molecule has 1 saturated heterocycles. The summed E-state index contributed by atoms with van der Waals surface area (Å²) in [4.78, 5) is 14.5. The molecule has 0 bridgehead atoms. The van der Waals surface area contributed by atoms with Gasteiger partial charge in [0.25, 0.3) is 5.91 Å². The highest BCUT2D eigenvalue weighted by molar-refractivity contribution is 5.87. The first-order valence-electron chi connectivity index (χ1n) is 9.71. The minimum absolute atomic E-state index is 0.0689. The molecular formula is C23H25N5O. The molecule has 29 heavy (non-hydrogen) atoms. The fraction of sp³-hybridized carbons (Fsp3) is 0.217. The Morgan fingerprint density at radius 2 is 1.79 bits per heavy atom. The predicted molar refractivity (Wildman–Crippen MR) is 118 cm³/mol. The first-order chi connectivity index (χ1) is 14.1. The van der Waals surface area contributed by atoms with Crippen LogP contribution in [0.5, 0.6) is 0 Å². The minimum atomic E-state index is -0.341. The zero-order valence-electron chi connectivity index (χ0n) is 16.6. The molecule has 0 saturated carbocycles. The Kier molecular flexibility index (Phi) is 5.55. The molecule has 6 heteroatoms. The third-order valence-corrected chi connectivity index (χ3v) is 5.22. The highest BCUT2D eigenvalue weighted by Crippen LogP contribution is 2.29. The number of hydrazine groups is 1. The average molecular weight is 387 g/mol. The van der Waals surface area contributed by atoms with E-state index in [4.69, 9.17) is 0 Å². The van der Waals surface area contributed by atoms with Crippen LogP contribution in [0.1, 0.15) is 23.6 Å². The van der Waals surface area contributed by atoms with Crippen LogP contribution in [0.25, 0.3) is 10.8 Å². The third-order valence-electron chi connectivity index (χ3n) is 5.22. The number of hydrazone groups is 1. The fourth-order valence-electron chi connectivity index (χ4n) is 3.59. The number of nitrogens with one attached hydrogen (secondary N) is 3. The van der Waals surface area contributed by atoms with Gasteiger partial charge in [0.05, 0.1) is 6.21 Å². The zero-order valence-corrected chi connectivity index (χ0v) is 16.6. The first kappa shape index (κ1) is 19.1. The van der Waals surface area contributed by atoms with Crippen molar-refractivity contribution in [2.45, 2.75) is 18.5 Å². The van der Waals surface area contributed by atoms with Crippen molar-refractivity contribution < 1.29 is 4.79 Å². The summed E-state index contributed by atoms with van der Waals surface area (Å²) < 4.78 is 0. The van der Waals surface area contributed by atoms with E-state index in [-0.39, 0.29) is 18.0 Å². The van der Waals surface area contributed by atoms with E-state index in [0.717, 1.165) is 11.3 Å². The highest BCUT2D eigenvalue weighted by Gasteiger charge is 2.30. The average Bonchev–Trinajstić information content (AvgIpc) is 3.24. The molecule has 3 aromatic rings. The Labute approximate surface area is 170 Å². The van der Waals surface area contributed by atoms with E-state index in [9.17, 15) is 4.79 Å². The Morgan fingerprint density at radius 1 is 1.03 bits per heavy atom. The Morgan fingerprint density at radius 3 is 2.59 bits per heavy atom. The van der Waals surface area contributed by atoms with E-state index < -0.39 is 0 Å². The molecule has 1 aliphatic rings.